The molecule has 0 radical (unpaired) electrons. The third-order valence-corrected chi connectivity index (χ3v) is 4.84. The molecule has 27 heavy (non-hydrogen) atoms. The van der Waals surface area contributed by atoms with Crippen LogP contribution in [0.5, 0.6) is 0 Å². The number of fused-ring (bicyclic) bond motifs is 1. The van der Waals surface area contributed by atoms with Crippen LogP contribution in [0.4, 0.5) is 15.8 Å². The lowest BCUT2D eigenvalue weighted by molar-refractivity contribution is 0.0725. The Morgan fingerprint density at radius 1 is 1.15 bits per heavy atom. The van der Waals surface area contributed by atoms with Crippen molar-refractivity contribution in [3.63, 3.8) is 0 Å². The zero-order chi connectivity index (χ0) is 18.8. The lowest BCUT2D eigenvalue weighted by atomic mass is 10.1. The van der Waals surface area contributed by atoms with E-state index in [1.165, 1.54) is 12.1 Å². The molecule has 4 rings (SSSR count). The van der Waals surface area contributed by atoms with Gasteiger partial charge in [-0.25, -0.2) is 14.4 Å². The van der Waals surface area contributed by atoms with Crippen molar-refractivity contribution in [1.82, 2.24) is 14.9 Å². The Morgan fingerprint density at radius 2 is 1.96 bits per heavy atom. The molecule has 0 bridgehead atoms. The fraction of sp³-hybridized carbons (Fsp3) is 0.286. The van der Waals surface area contributed by atoms with Crippen LogP contribution in [0, 0.1) is 12.7 Å². The summed E-state index contributed by atoms with van der Waals surface area (Å²) in [6.07, 6.45) is 4.75. The fourth-order valence-corrected chi connectivity index (χ4v) is 3.45. The molecule has 1 aromatic carbocycles. The number of hydrogen-bond donors (Lipinski definition) is 1. The number of carbonyl (C=O) groups is 1. The molecule has 5 nitrogen and oxygen atoms in total. The molecule has 3 heterocycles. The topological polar surface area (TPSA) is 58.1 Å². The van der Waals surface area contributed by atoms with Gasteiger partial charge in [0.1, 0.15) is 5.82 Å². The molecule has 0 aliphatic carbocycles. The molecule has 0 atom stereocenters. The molecule has 1 aliphatic heterocycles. The summed E-state index contributed by atoms with van der Waals surface area (Å²) < 4.78 is 13.6. The second-order valence-corrected chi connectivity index (χ2v) is 6.86. The van der Waals surface area contributed by atoms with Gasteiger partial charge in [-0.05, 0) is 56.5 Å². The Bertz CT molecular complexity index is 999. The smallest absolute Gasteiger partial charge is 0.257 e. The number of aromatic nitrogens is 2. The monoisotopic (exact) mass is 364 g/mol. The van der Waals surface area contributed by atoms with E-state index in [-0.39, 0.29) is 11.7 Å². The SMILES string of the molecule is Cc1ccc2c(Nc3cccc(F)c3)c(C(=O)N3CCCCC3)cnc2n1. The molecule has 0 spiro atoms. The molecule has 6 heteroatoms. The summed E-state index contributed by atoms with van der Waals surface area (Å²) in [5.41, 5.74) is 3.09. The summed E-state index contributed by atoms with van der Waals surface area (Å²) in [5, 5.41) is 3.97. The number of pyridine rings is 2. The van der Waals surface area contributed by atoms with Crippen LogP contribution in [0.2, 0.25) is 0 Å². The summed E-state index contributed by atoms with van der Waals surface area (Å²) in [7, 11) is 0. The predicted octanol–water partition coefficient (Wildman–Crippen LogP) is 4.45. The number of halogens is 1. The van der Waals surface area contributed by atoms with Gasteiger partial charge in [-0.2, -0.15) is 0 Å². The fourth-order valence-electron chi connectivity index (χ4n) is 3.45. The van der Waals surface area contributed by atoms with Crippen molar-refractivity contribution >= 4 is 28.3 Å². The Labute approximate surface area is 157 Å². The Morgan fingerprint density at radius 3 is 2.74 bits per heavy atom. The second kappa shape index (κ2) is 7.31. The van der Waals surface area contributed by atoms with E-state index < -0.39 is 0 Å². The molecule has 0 unspecified atom stereocenters. The third kappa shape index (κ3) is 3.60. The second-order valence-electron chi connectivity index (χ2n) is 6.86. The highest BCUT2D eigenvalue weighted by molar-refractivity contribution is 6.07. The van der Waals surface area contributed by atoms with E-state index in [1.807, 2.05) is 24.0 Å². The normalized spacial score (nSPS) is 14.4. The van der Waals surface area contributed by atoms with Gasteiger partial charge in [-0.1, -0.05) is 6.07 Å². The van der Waals surface area contributed by atoms with Gasteiger partial charge in [0, 0.05) is 36.1 Å². The van der Waals surface area contributed by atoms with E-state index in [1.54, 1.807) is 18.3 Å². The number of carbonyl (C=O) groups excluding carboxylic acids is 1. The molecule has 2 aromatic heterocycles. The zero-order valence-corrected chi connectivity index (χ0v) is 15.2. The summed E-state index contributed by atoms with van der Waals surface area (Å²) in [5.74, 6) is -0.389. The molecule has 138 valence electrons. The Kier molecular flexibility index (Phi) is 4.71. The van der Waals surface area contributed by atoms with Crippen LogP contribution >= 0.6 is 0 Å². The van der Waals surface area contributed by atoms with Crippen LogP contribution in [-0.2, 0) is 0 Å². The number of anilines is 2. The van der Waals surface area contributed by atoms with Crippen LogP contribution in [0.15, 0.2) is 42.6 Å². The Balaban J connectivity index is 1.82. The van der Waals surface area contributed by atoms with E-state index in [4.69, 9.17) is 0 Å². The first-order valence-electron chi connectivity index (χ1n) is 9.20. The number of piperidine rings is 1. The average Bonchev–Trinajstić information content (AvgIpc) is 2.68. The van der Waals surface area contributed by atoms with Crippen LogP contribution in [0.25, 0.3) is 11.0 Å². The van der Waals surface area contributed by atoms with E-state index in [9.17, 15) is 9.18 Å². The van der Waals surface area contributed by atoms with Crippen molar-refractivity contribution < 1.29 is 9.18 Å². The van der Waals surface area contributed by atoms with Gasteiger partial charge >= 0.3 is 0 Å². The molecule has 1 amide bonds. The highest BCUT2D eigenvalue weighted by Gasteiger charge is 2.23. The van der Waals surface area contributed by atoms with Gasteiger partial charge in [0.2, 0.25) is 0 Å². The van der Waals surface area contributed by atoms with E-state index in [2.05, 4.69) is 15.3 Å². The van der Waals surface area contributed by atoms with Crippen LogP contribution < -0.4 is 5.32 Å². The van der Waals surface area contributed by atoms with E-state index >= 15 is 0 Å². The minimum Gasteiger partial charge on any atom is -0.354 e. The van der Waals surface area contributed by atoms with Gasteiger partial charge in [0.05, 0.1) is 11.3 Å². The van der Waals surface area contributed by atoms with Gasteiger partial charge in [-0.15, -0.1) is 0 Å². The molecular formula is C21H21FN4O. The van der Waals surface area contributed by atoms with Crippen molar-refractivity contribution in [3.05, 3.63) is 59.7 Å². The predicted molar refractivity (Wildman–Crippen MR) is 104 cm³/mol. The molecule has 1 N–H and O–H groups in total. The molecule has 1 fully saturated rings. The summed E-state index contributed by atoms with van der Waals surface area (Å²) >= 11 is 0. The standard InChI is InChI=1S/C21H21FN4O/c1-14-8-9-17-19(25-16-7-5-6-15(22)12-16)18(13-23-20(17)24-14)21(27)26-10-3-2-4-11-26/h5-9,12-13H,2-4,10-11H2,1H3,(H,23,24,25). The number of hydrogen-bond acceptors (Lipinski definition) is 4. The number of benzene rings is 1. The van der Waals surface area contributed by atoms with Gasteiger partial charge in [-0.3, -0.25) is 4.79 Å². The maximum atomic E-state index is 13.6. The summed E-state index contributed by atoms with van der Waals surface area (Å²) in [6.45, 7) is 3.40. The molecule has 1 aliphatic rings. The molecular weight excluding hydrogens is 343 g/mol. The summed E-state index contributed by atoms with van der Waals surface area (Å²) in [6, 6.07) is 9.99. The lowest BCUT2D eigenvalue weighted by Gasteiger charge is -2.27. The van der Waals surface area contributed by atoms with Crippen LogP contribution in [0.1, 0.15) is 35.3 Å². The lowest BCUT2D eigenvalue weighted by Crippen LogP contribution is -2.36. The van der Waals surface area contributed by atoms with Crippen molar-refractivity contribution in [2.45, 2.75) is 26.2 Å². The first kappa shape index (κ1) is 17.4. The zero-order valence-electron chi connectivity index (χ0n) is 15.2. The number of rotatable bonds is 3. The van der Waals surface area contributed by atoms with Gasteiger partial charge < -0.3 is 10.2 Å². The summed E-state index contributed by atoms with van der Waals surface area (Å²) in [4.78, 5) is 23.9. The number of likely N-dealkylation sites (tertiary alicyclic amines) is 1. The highest BCUT2D eigenvalue weighted by atomic mass is 19.1. The maximum Gasteiger partial charge on any atom is 0.257 e. The van der Waals surface area contributed by atoms with Crippen molar-refractivity contribution in [2.75, 3.05) is 18.4 Å². The first-order valence-corrected chi connectivity index (χ1v) is 9.20. The number of aryl methyl sites for hydroxylation is 1. The van der Waals surface area contributed by atoms with Crippen LogP contribution in [-0.4, -0.2) is 33.9 Å². The molecule has 0 saturated carbocycles. The van der Waals surface area contributed by atoms with Gasteiger partial charge in [0.25, 0.3) is 5.91 Å². The number of nitrogens with zero attached hydrogens (tertiary/aromatic N) is 3. The highest BCUT2D eigenvalue weighted by Crippen LogP contribution is 2.30. The number of amides is 1. The van der Waals surface area contributed by atoms with Crippen molar-refractivity contribution in [2.24, 2.45) is 0 Å². The quantitative estimate of drug-likeness (QED) is 0.746. The van der Waals surface area contributed by atoms with Crippen molar-refractivity contribution in [1.29, 1.82) is 0 Å². The maximum absolute atomic E-state index is 13.6. The third-order valence-electron chi connectivity index (χ3n) is 4.84. The molecule has 3 aromatic rings. The van der Waals surface area contributed by atoms with Crippen molar-refractivity contribution in [3.8, 4) is 0 Å². The van der Waals surface area contributed by atoms with Crippen LogP contribution in [0.3, 0.4) is 0 Å². The largest absolute Gasteiger partial charge is 0.354 e. The first-order chi connectivity index (χ1) is 13.1. The average molecular weight is 364 g/mol. The minimum atomic E-state index is -0.337. The number of nitrogens with one attached hydrogen (secondary N) is 1. The van der Waals surface area contributed by atoms with E-state index in [0.717, 1.165) is 43.4 Å². The van der Waals surface area contributed by atoms with E-state index in [0.29, 0.717) is 22.6 Å². The van der Waals surface area contributed by atoms with Gasteiger partial charge in [0.15, 0.2) is 5.65 Å². The Hall–Kier alpha value is -3.02. The molecule has 1 saturated heterocycles. The minimum absolute atomic E-state index is 0.0522.